The van der Waals surface area contributed by atoms with Gasteiger partial charge in [0.25, 0.3) is 5.91 Å². The van der Waals surface area contributed by atoms with Crippen molar-refractivity contribution in [2.75, 3.05) is 12.4 Å². The van der Waals surface area contributed by atoms with Crippen LogP contribution in [0.5, 0.6) is 5.75 Å². The van der Waals surface area contributed by atoms with Gasteiger partial charge in [-0.1, -0.05) is 18.2 Å². The molecule has 0 atom stereocenters. The molecule has 0 unspecified atom stereocenters. The molecule has 0 aromatic heterocycles. The van der Waals surface area contributed by atoms with Crippen molar-refractivity contribution in [2.45, 2.75) is 4.90 Å². The van der Waals surface area contributed by atoms with Crippen molar-refractivity contribution >= 4 is 29.8 Å². The topological polar surface area (TPSA) is 93.8 Å². The number of rotatable bonds is 8. The van der Waals surface area contributed by atoms with Crippen LogP contribution in [-0.4, -0.2) is 30.4 Å². The summed E-state index contributed by atoms with van der Waals surface area (Å²) in [6, 6.07) is 16.6. The molecule has 24 heavy (non-hydrogen) atoms. The summed E-state index contributed by atoms with van der Waals surface area (Å²) in [4.78, 5) is 23.4. The Morgan fingerprint density at radius 1 is 1.12 bits per heavy atom. The van der Waals surface area contributed by atoms with Crippen molar-refractivity contribution in [1.82, 2.24) is 5.43 Å². The highest BCUT2D eigenvalue weighted by molar-refractivity contribution is 8.00. The van der Waals surface area contributed by atoms with Gasteiger partial charge >= 0.3 is 0 Å². The molecule has 6 nitrogen and oxygen atoms in total. The zero-order valence-electron chi connectivity index (χ0n) is 12.8. The fourth-order valence-electron chi connectivity index (χ4n) is 1.68. The first-order chi connectivity index (χ1) is 11.6. The first kappa shape index (κ1) is 17.6. The number of carbonyl (C=O) groups excluding carboxylic acids is 2. The molecule has 0 spiro atoms. The molecule has 0 fully saturated rings. The van der Waals surface area contributed by atoms with Crippen LogP contribution in [0.1, 0.15) is 5.56 Å². The fraction of sp³-hybridized carbons (Fsp3) is 0.118. The number of hydrogen-bond acceptors (Lipinski definition) is 5. The summed E-state index contributed by atoms with van der Waals surface area (Å²) >= 11 is 1.44. The van der Waals surface area contributed by atoms with E-state index in [0.717, 1.165) is 10.5 Å². The van der Waals surface area contributed by atoms with Crippen LogP contribution in [0.4, 0.5) is 0 Å². The number of nitrogens with one attached hydrogen (secondary N) is 1. The Morgan fingerprint density at radius 2 is 1.83 bits per heavy atom. The molecule has 0 aliphatic heterocycles. The molecular weight excluding hydrogens is 326 g/mol. The minimum absolute atomic E-state index is 0.164. The average Bonchev–Trinajstić information content (AvgIpc) is 2.60. The van der Waals surface area contributed by atoms with Gasteiger partial charge in [-0.3, -0.25) is 9.59 Å². The maximum absolute atomic E-state index is 11.7. The van der Waals surface area contributed by atoms with E-state index in [-0.39, 0.29) is 12.5 Å². The van der Waals surface area contributed by atoms with E-state index in [1.165, 1.54) is 18.0 Å². The Labute approximate surface area is 144 Å². The number of amides is 2. The zero-order valence-corrected chi connectivity index (χ0v) is 13.7. The molecule has 0 radical (unpaired) electrons. The molecule has 2 aromatic carbocycles. The quantitative estimate of drug-likeness (QED) is 0.434. The van der Waals surface area contributed by atoms with Gasteiger partial charge in [0, 0.05) is 4.90 Å². The highest BCUT2D eigenvalue weighted by Crippen LogP contribution is 2.16. The van der Waals surface area contributed by atoms with E-state index in [9.17, 15) is 9.59 Å². The predicted molar refractivity (Wildman–Crippen MR) is 94.0 cm³/mol. The average molecular weight is 343 g/mol. The van der Waals surface area contributed by atoms with Gasteiger partial charge in [0.1, 0.15) is 5.75 Å². The number of benzene rings is 2. The summed E-state index contributed by atoms with van der Waals surface area (Å²) in [7, 11) is 0. The molecule has 7 heteroatoms. The van der Waals surface area contributed by atoms with Crippen LogP contribution in [0.3, 0.4) is 0 Å². The van der Waals surface area contributed by atoms with Crippen LogP contribution in [0.15, 0.2) is 64.6 Å². The summed E-state index contributed by atoms with van der Waals surface area (Å²) in [5.74, 6) is 0.119. The Kier molecular flexibility index (Phi) is 6.85. The third-order valence-electron chi connectivity index (χ3n) is 2.78. The van der Waals surface area contributed by atoms with E-state index < -0.39 is 5.91 Å². The van der Waals surface area contributed by atoms with Crippen LogP contribution < -0.4 is 15.9 Å². The third-order valence-corrected chi connectivity index (χ3v) is 3.79. The van der Waals surface area contributed by atoms with Crippen molar-refractivity contribution in [3.05, 3.63) is 60.2 Å². The first-order valence-corrected chi connectivity index (χ1v) is 8.13. The van der Waals surface area contributed by atoms with Crippen molar-refractivity contribution in [3.8, 4) is 5.75 Å². The molecule has 0 aliphatic rings. The first-order valence-electron chi connectivity index (χ1n) is 7.14. The monoisotopic (exact) mass is 343 g/mol. The van der Waals surface area contributed by atoms with Gasteiger partial charge in [-0.2, -0.15) is 5.10 Å². The van der Waals surface area contributed by atoms with E-state index in [1.807, 2.05) is 30.3 Å². The largest absolute Gasteiger partial charge is 0.484 e. The van der Waals surface area contributed by atoms with Crippen molar-refractivity contribution < 1.29 is 14.3 Å². The maximum Gasteiger partial charge on any atom is 0.255 e. The van der Waals surface area contributed by atoms with Crippen LogP contribution in [0.25, 0.3) is 0 Å². The van der Waals surface area contributed by atoms with Gasteiger partial charge in [-0.15, -0.1) is 11.8 Å². The molecular formula is C17H17N3O3S. The maximum atomic E-state index is 11.7. The number of carbonyl (C=O) groups is 2. The summed E-state index contributed by atoms with van der Waals surface area (Å²) in [5.41, 5.74) is 8.26. The number of hydrazone groups is 1. The normalized spacial score (nSPS) is 10.5. The molecule has 0 aliphatic carbocycles. The molecule has 0 bridgehead atoms. The van der Waals surface area contributed by atoms with E-state index >= 15 is 0 Å². The number of nitrogens with zero attached hydrogens (tertiary/aromatic N) is 1. The lowest BCUT2D eigenvalue weighted by Gasteiger charge is -2.03. The number of primary amides is 1. The number of ether oxygens (including phenoxy) is 1. The third kappa shape index (κ3) is 6.53. The molecule has 0 saturated heterocycles. The SMILES string of the molecule is NC(=O)COc1ccc(/C=N\NC(=O)CSc2ccccc2)cc1. The van der Waals surface area contributed by atoms with Gasteiger partial charge in [-0.05, 0) is 42.0 Å². The second-order valence-corrected chi connectivity index (χ2v) is 5.77. The summed E-state index contributed by atoms with van der Waals surface area (Å²) in [6.07, 6.45) is 1.53. The highest BCUT2D eigenvalue weighted by Gasteiger charge is 2.01. The predicted octanol–water partition coefficient (Wildman–Crippen LogP) is 1.79. The van der Waals surface area contributed by atoms with Gasteiger partial charge in [0.05, 0.1) is 12.0 Å². The second kappa shape index (κ2) is 9.36. The molecule has 2 amide bonds. The summed E-state index contributed by atoms with van der Waals surface area (Å²) in [5, 5.41) is 3.90. The Bertz CT molecular complexity index is 703. The number of thioether (sulfide) groups is 1. The minimum Gasteiger partial charge on any atom is -0.484 e. The van der Waals surface area contributed by atoms with E-state index in [1.54, 1.807) is 24.3 Å². The number of hydrogen-bond donors (Lipinski definition) is 2. The van der Waals surface area contributed by atoms with Crippen molar-refractivity contribution in [3.63, 3.8) is 0 Å². The Morgan fingerprint density at radius 3 is 2.50 bits per heavy atom. The molecule has 2 rings (SSSR count). The molecule has 0 saturated carbocycles. The van der Waals surface area contributed by atoms with Crippen molar-refractivity contribution in [1.29, 1.82) is 0 Å². The van der Waals surface area contributed by atoms with E-state index in [4.69, 9.17) is 10.5 Å². The lowest BCUT2D eigenvalue weighted by Crippen LogP contribution is -2.20. The van der Waals surface area contributed by atoms with Crippen LogP contribution >= 0.6 is 11.8 Å². The van der Waals surface area contributed by atoms with E-state index in [2.05, 4.69) is 10.5 Å². The van der Waals surface area contributed by atoms with E-state index in [0.29, 0.717) is 11.5 Å². The minimum atomic E-state index is -0.531. The van der Waals surface area contributed by atoms with Crippen LogP contribution in [0, 0.1) is 0 Å². The lowest BCUT2D eigenvalue weighted by molar-refractivity contribution is -0.120. The van der Waals surface area contributed by atoms with Gasteiger partial charge < -0.3 is 10.5 Å². The van der Waals surface area contributed by atoms with Gasteiger partial charge in [0.15, 0.2) is 6.61 Å². The zero-order chi connectivity index (χ0) is 17.2. The molecule has 2 aromatic rings. The molecule has 3 N–H and O–H groups in total. The summed E-state index contributed by atoms with van der Waals surface area (Å²) in [6.45, 7) is -0.164. The second-order valence-electron chi connectivity index (χ2n) is 4.72. The highest BCUT2D eigenvalue weighted by atomic mass is 32.2. The smallest absolute Gasteiger partial charge is 0.255 e. The Balaban J connectivity index is 1.74. The fourth-order valence-corrected chi connectivity index (χ4v) is 2.39. The Hall–Kier alpha value is -2.80. The van der Waals surface area contributed by atoms with Crippen LogP contribution in [0.2, 0.25) is 0 Å². The van der Waals surface area contributed by atoms with Gasteiger partial charge in [-0.25, -0.2) is 5.43 Å². The molecule has 0 heterocycles. The van der Waals surface area contributed by atoms with Crippen molar-refractivity contribution in [2.24, 2.45) is 10.8 Å². The van der Waals surface area contributed by atoms with Gasteiger partial charge in [0.2, 0.25) is 5.91 Å². The van der Waals surface area contributed by atoms with Crippen LogP contribution in [-0.2, 0) is 9.59 Å². The summed E-state index contributed by atoms with van der Waals surface area (Å²) < 4.78 is 5.15. The molecule has 124 valence electrons. The number of nitrogens with two attached hydrogens (primary N) is 1. The standard InChI is InChI=1S/C17H17N3O3S/c18-16(21)11-23-14-8-6-13(7-9-14)10-19-20-17(22)12-24-15-4-2-1-3-5-15/h1-10H,11-12H2,(H2,18,21)(H,20,22)/b19-10-. The lowest BCUT2D eigenvalue weighted by atomic mass is 10.2.